The average Bonchev–Trinajstić information content (AvgIpc) is 2.76. The van der Waals surface area contributed by atoms with Gasteiger partial charge in [0.1, 0.15) is 11.2 Å². The van der Waals surface area contributed by atoms with Crippen LogP contribution in [0.4, 0.5) is 0 Å². The Morgan fingerprint density at radius 3 is 2.78 bits per heavy atom. The molecule has 0 aliphatic rings. The predicted octanol–water partition coefficient (Wildman–Crippen LogP) is 3.33. The zero-order valence-electron chi connectivity index (χ0n) is 9.85. The second-order valence-corrected chi connectivity index (χ2v) is 6.15. The molecule has 6 heteroatoms. The lowest BCUT2D eigenvalue weighted by Gasteiger charge is -2.17. The number of carbonyl (C=O) groups is 1. The van der Waals surface area contributed by atoms with Crippen LogP contribution in [0.3, 0.4) is 0 Å². The minimum absolute atomic E-state index is 0.317. The van der Waals surface area contributed by atoms with Gasteiger partial charge in [-0.25, -0.2) is 9.97 Å². The van der Waals surface area contributed by atoms with Crippen LogP contribution in [0.1, 0.15) is 19.7 Å². The zero-order valence-corrected chi connectivity index (χ0v) is 12.2. The molecular weight excluding hydrogens is 316 g/mol. The maximum atomic E-state index is 11.2. The van der Waals surface area contributed by atoms with Crippen molar-refractivity contribution < 1.29 is 9.90 Å². The van der Waals surface area contributed by atoms with E-state index in [1.165, 1.54) is 0 Å². The highest BCUT2D eigenvalue weighted by atomic mass is 79.9. The Bertz CT molecular complexity index is 595. The number of rotatable bonds is 3. The largest absolute Gasteiger partial charge is 0.481 e. The van der Waals surface area contributed by atoms with Crippen molar-refractivity contribution >= 4 is 33.2 Å². The lowest BCUT2D eigenvalue weighted by atomic mass is 9.92. The number of hydrogen-bond donors (Lipinski definition) is 1. The van der Waals surface area contributed by atoms with E-state index >= 15 is 0 Å². The summed E-state index contributed by atoms with van der Waals surface area (Å²) in [5, 5.41) is 11.1. The summed E-state index contributed by atoms with van der Waals surface area (Å²) >= 11 is 4.93. The highest BCUT2D eigenvalue weighted by Gasteiger charge is 2.32. The third-order valence-corrected chi connectivity index (χ3v) is 4.28. The first-order valence-electron chi connectivity index (χ1n) is 5.22. The topological polar surface area (TPSA) is 63.1 Å². The number of aromatic nitrogens is 2. The number of aliphatic carboxylic acids is 1. The van der Waals surface area contributed by atoms with Crippen LogP contribution < -0.4 is 0 Å². The maximum absolute atomic E-state index is 11.2. The van der Waals surface area contributed by atoms with Crippen LogP contribution in [0, 0.1) is 0 Å². The molecular formula is C12H11BrN2O2S. The molecule has 0 spiro atoms. The monoisotopic (exact) mass is 326 g/mol. The zero-order chi connectivity index (χ0) is 13.3. The molecule has 0 fully saturated rings. The van der Waals surface area contributed by atoms with Gasteiger partial charge in [-0.2, -0.15) is 0 Å². The molecule has 2 heterocycles. The first-order valence-corrected chi connectivity index (χ1v) is 6.90. The number of halogens is 1. The fraction of sp³-hybridized carbons (Fsp3) is 0.250. The second-order valence-electron chi connectivity index (χ2n) is 4.32. The first kappa shape index (κ1) is 13.2. The van der Waals surface area contributed by atoms with E-state index in [2.05, 4.69) is 25.9 Å². The Labute approximate surface area is 117 Å². The lowest BCUT2D eigenvalue weighted by molar-refractivity contribution is -0.142. The summed E-state index contributed by atoms with van der Waals surface area (Å²) in [4.78, 5) is 20.6. The number of nitrogens with zero attached hydrogens (tertiary/aromatic N) is 2. The quantitative estimate of drug-likeness (QED) is 0.939. The molecule has 94 valence electrons. The van der Waals surface area contributed by atoms with E-state index in [1.54, 1.807) is 37.4 Å². The van der Waals surface area contributed by atoms with Crippen molar-refractivity contribution in [2.75, 3.05) is 0 Å². The summed E-state index contributed by atoms with van der Waals surface area (Å²) < 4.78 is 0.986. The van der Waals surface area contributed by atoms with Gasteiger partial charge >= 0.3 is 5.97 Å². The van der Waals surface area contributed by atoms with Crippen LogP contribution in [0.25, 0.3) is 10.6 Å². The summed E-state index contributed by atoms with van der Waals surface area (Å²) in [6.45, 7) is 3.19. The minimum Gasteiger partial charge on any atom is -0.481 e. The molecule has 2 aromatic rings. The van der Waals surface area contributed by atoms with Crippen molar-refractivity contribution in [2.24, 2.45) is 0 Å². The fourth-order valence-electron chi connectivity index (χ4n) is 1.34. The van der Waals surface area contributed by atoms with Crippen LogP contribution in [0.15, 0.2) is 28.2 Å². The highest BCUT2D eigenvalue weighted by molar-refractivity contribution is 9.10. The van der Waals surface area contributed by atoms with Crippen LogP contribution in [0.5, 0.6) is 0 Å². The number of carboxylic acids is 1. The molecule has 0 unspecified atom stereocenters. The molecule has 0 atom stereocenters. The minimum atomic E-state index is -1.09. The molecule has 18 heavy (non-hydrogen) atoms. The predicted molar refractivity (Wildman–Crippen MR) is 73.7 cm³/mol. The van der Waals surface area contributed by atoms with E-state index < -0.39 is 11.4 Å². The molecule has 0 radical (unpaired) electrons. The summed E-state index contributed by atoms with van der Waals surface area (Å²) in [5.41, 5.74) is -0.352. The van der Waals surface area contributed by atoms with E-state index in [0.29, 0.717) is 5.82 Å². The molecule has 0 aromatic carbocycles. The molecule has 1 N–H and O–H groups in total. The van der Waals surface area contributed by atoms with Gasteiger partial charge in [0.05, 0.1) is 10.6 Å². The van der Waals surface area contributed by atoms with Crippen molar-refractivity contribution in [3.63, 3.8) is 0 Å². The molecule has 4 nitrogen and oxygen atoms in total. The van der Waals surface area contributed by atoms with Gasteiger partial charge in [-0.1, -0.05) is 0 Å². The van der Waals surface area contributed by atoms with Crippen LogP contribution in [-0.4, -0.2) is 21.0 Å². The molecule has 0 aliphatic heterocycles. The molecule has 0 saturated carbocycles. The normalized spacial score (nSPS) is 11.5. The molecule has 0 bridgehead atoms. The summed E-state index contributed by atoms with van der Waals surface area (Å²) in [7, 11) is 0. The van der Waals surface area contributed by atoms with Crippen molar-refractivity contribution in [1.29, 1.82) is 0 Å². The fourth-order valence-corrected chi connectivity index (χ4v) is 2.74. The van der Waals surface area contributed by atoms with Gasteiger partial charge in [0.2, 0.25) is 0 Å². The van der Waals surface area contributed by atoms with Gasteiger partial charge in [0.25, 0.3) is 0 Å². The van der Waals surface area contributed by atoms with E-state index in [4.69, 9.17) is 0 Å². The maximum Gasteiger partial charge on any atom is 0.316 e. The van der Waals surface area contributed by atoms with Gasteiger partial charge in [-0.3, -0.25) is 4.79 Å². The Morgan fingerprint density at radius 1 is 1.50 bits per heavy atom. The van der Waals surface area contributed by atoms with Gasteiger partial charge < -0.3 is 5.11 Å². The second kappa shape index (κ2) is 4.78. The van der Waals surface area contributed by atoms with Crippen molar-refractivity contribution in [1.82, 2.24) is 9.97 Å². The van der Waals surface area contributed by atoms with E-state index in [1.807, 2.05) is 11.4 Å². The Kier molecular flexibility index (Phi) is 3.49. The van der Waals surface area contributed by atoms with Crippen molar-refractivity contribution in [3.8, 4) is 10.6 Å². The third-order valence-electron chi connectivity index (χ3n) is 2.57. The molecule has 2 aromatic heterocycles. The Morgan fingerprint density at radius 2 is 2.22 bits per heavy atom. The van der Waals surface area contributed by atoms with Gasteiger partial charge in [0.15, 0.2) is 0 Å². The van der Waals surface area contributed by atoms with Crippen molar-refractivity contribution in [2.45, 2.75) is 19.3 Å². The van der Waals surface area contributed by atoms with Gasteiger partial charge in [-0.05, 0) is 41.9 Å². The van der Waals surface area contributed by atoms with E-state index in [-0.39, 0.29) is 0 Å². The van der Waals surface area contributed by atoms with Crippen LogP contribution >= 0.6 is 27.3 Å². The number of hydrogen-bond acceptors (Lipinski definition) is 4. The van der Waals surface area contributed by atoms with E-state index in [0.717, 1.165) is 15.0 Å². The Hall–Kier alpha value is -1.27. The standard InChI is InChI=1S/C12H11BrN2O2S/c1-12(2,11(16)17)10-14-4-3-8(15-10)9-5-7(13)6-18-9/h3-6H,1-2H3,(H,16,17). The van der Waals surface area contributed by atoms with Gasteiger partial charge in [-0.15, -0.1) is 11.3 Å². The van der Waals surface area contributed by atoms with Crippen LogP contribution in [0.2, 0.25) is 0 Å². The lowest BCUT2D eigenvalue weighted by Crippen LogP contribution is -2.30. The SMILES string of the molecule is CC(C)(C(=O)O)c1nccc(-c2cc(Br)cs2)n1. The summed E-state index contributed by atoms with van der Waals surface area (Å²) in [5.74, 6) is -0.621. The first-order chi connectivity index (χ1) is 8.41. The average molecular weight is 327 g/mol. The number of thiophene rings is 1. The van der Waals surface area contributed by atoms with Gasteiger partial charge in [0, 0.05) is 16.0 Å². The molecule has 0 amide bonds. The smallest absolute Gasteiger partial charge is 0.316 e. The third kappa shape index (κ3) is 2.44. The number of carboxylic acid groups (broad SMARTS) is 1. The molecule has 2 rings (SSSR count). The summed E-state index contributed by atoms with van der Waals surface area (Å²) in [6.07, 6.45) is 1.59. The Balaban J connectivity index is 2.46. The molecule has 0 aliphatic carbocycles. The van der Waals surface area contributed by atoms with Crippen molar-refractivity contribution in [3.05, 3.63) is 34.0 Å². The highest BCUT2D eigenvalue weighted by Crippen LogP contribution is 2.29. The van der Waals surface area contributed by atoms with E-state index in [9.17, 15) is 9.90 Å². The summed E-state index contributed by atoms with van der Waals surface area (Å²) in [6, 6.07) is 3.73. The molecule has 0 saturated heterocycles. The van der Waals surface area contributed by atoms with Crippen LogP contribution in [-0.2, 0) is 10.2 Å².